The highest BCUT2D eigenvalue weighted by molar-refractivity contribution is 7.64. The summed E-state index contributed by atoms with van der Waals surface area (Å²) in [5, 5.41) is 9.25. The van der Waals surface area contributed by atoms with Crippen LogP contribution in [-0.2, 0) is 4.57 Å². The minimum Gasteiger partial charge on any atom is -0.340 e. The highest BCUT2D eigenvalue weighted by Gasteiger charge is 2.55. The van der Waals surface area contributed by atoms with Crippen molar-refractivity contribution in [1.82, 2.24) is 15.9 Å². The first-order valence-electron chi connectivity index (χ1n) is 9.35. The molecule has 1 aromatic carbocycles. The van der Waals surface area contributed by atoms with Gasteiger partial charge in [0.1, 0.15) is 0 Å². The molecule has 0 aliphatic heterocycles. The Morgan fingerprint density at radius 1 is 1.04 bits per heavy atom. The van der Waals surface area contributed by atoms with Gasteiger partial charge in [0, 0.05) is 17.8 Å². The van der Waals surface area contributed by atoms with Crippen LogP contribution < -0.4 is 21.0 Å². The lowest BCUT2D eigenvalue weighted by Gasteiger charge is -2.55. The predicted molar refractivity (Wildman–Crippen MR) is 104 cm³/mol. The topological polar surface area (TPSA) is 82.3 Å². The second-order valence-corrected chi connectivity index (χ2v) is 10.8. The standard InChI is InChI=1S/C18H26ClN4O2P/c1-20-18(24)21-23-26(25,22-16-4-2-15(19)3-5-16)17-13-7-11-6-12(9-13)10-14(17)8-11/h2-5,11-14,17H,6-10H2,1H3,(H2,20,21,24)(H2,22,23,25). The number of anilines is 1. The summed E-state index contributed by atoms with van der Waals surface area (Å²) >= 11 is 5.97. The van der Waals surface area contributed by atoms with Gasteiger partial charge in [-0.25, -0.2) is 4.79 Å². The monoisotopic (exact) mass is 396 g/mol. The van der Waals surface area contributed by atoms with Gasteiger partial charge in [-0.3, -0.25) is 9.99 Å². The van der Waals surface area contributed by atoms with Gasteiger partial charge < -0.3 is 10.4 Å². The number of urea groups is 1. The Hall–Kier alpha value is -1.23. The van der Waals surface area contributed by atoms with Crippen LogP contribution in [0.25, 0.3) is 0 Å². The van der Waals surface area contributed by atoms with Crippen molar-refractivity contribution in [3.63, 3.8) is 0 Å². The van der Waals surface area contributed by atoms with E-state index in [0.29, 0.717) is 16.9 Å². The molecule has 0 spiro atoms. The number of rotatable bonds is 5. The number of hydrogen-bond donors (Lipinski definition) is 4. The zero-order valence-electron chi connectivity index (χ0n) is 14.9. The average Bonchev–Trinajstić information content (AvgIpc) is 2.61. The van der Waals surface area contributed by atoms with Crippen LogP contribution in [0.4, 0.5) is 10.5 Å². The summed E-state index contributed by atoms with van der Waals surface area (Å²) in [6, 6.07) is 6.81. The molecular formula is C18H26ClN4O2P. The number of nitrogens with one attached hydrogen (secondary N) is 4. The smallest absolute Gasteiger partial charge is 0.329 e. The number of amides is 2. The fraction of sp³-hybridized carbons (Fsp3) is 0.611. The zero-order valence-corrected chi connectivity index (χ0v) is 16.5. The Labute approximate surface area is 159 Å². The number of carbonyl (C=O) groups excluding carboxylic acids is 1. The lowest BCUT2D eigenvalue weighted by molar-refractivity contribution is 0.0226. The highest BCUT2D eigenvalue weighted by Crippen LogP contribution is 2.64. The molecular weight excluding hydrogens is 371 g/mol. The molecule has 1 unspecified atom stereocenters. The van der Waals surface area contributed by atoms with E-state index in [4.69, 9.17) is 11.6 Å². The molecule has 4 aliphatic rings. The summed E-state index contributed by atoms with van der Waals surface area (Å²) in [7, 11) is -1.56. The Kier molecular flexibility index (Phi) is 4.93. The molecule has 2 amide bonds. The number of hydrogen-bond acceptors (Lipinski definition) is 2. The van der Waals surface area contributed by atoms with Crippen molar-refractivity contribution in [2.45, 2.75) is 37.8 Å². The van der Waals surface area contributed by atoms with Gasteiger partial charge >= 0.3 is 6.03 Å². The van der Waals surface area contributed by atoms with Gasteiger partial charge in [-0.2, -0.15) is 5.20 Å². The van der Waals surface area contributed by atoms with Gasteiger partial charge in [0.05, 0.1) is 5.66 Å². The molecule has 8 heteroatoms. The summed E-state index contributed by atoms with van der Waals surface area (Å²) < 4.78 is 14.1. The van der Waals surface area contributed by atoms with Gasteiger partial charge in [0.2, 0.25) is 0 Å². The fourth-order valence-corrected chi connectivity index (χ4v) is 8.53. The zero-order chi connectivity index (χ0) is 18.3. The number of hydrazine groups is 1. The molecule has 4 aliphatic carbocycles. The molecule has 0 heterocycles. The third-order valence-electron chi connectivity index (χ3n) is 6.30. The van der Waals surface area contributed by atoms with E-state index in [2.05, 4.69) is 21.0 Å². The molecule has 4 saturated carbocycles. The molecule has 0 aromatic heterocycles. The van der Waals surface area contributed by atoms with E-state index < -0.39 is 13.5 Å². The third kappa shape index (κ3) is 3.47. The van der Waals surface area contributed by atoms with Crippen LogP contribution in [0.1, 0.15) is 32.1 Å². The Morgan fingerprint density at radius 2 is 1.62 bits per heavy atom. The molecule has 6 nitrogen and oxygen atoms in total. The molecule has 1 aromatic rings. The van der Waals surface area contributed by atoms with Crippen molar-refractivity contribution in [2.24, 2.45) is 23.7 Å². The average molecular weight is 397 g/mol. The SMILES string of the molecule is CNC(=O)NNP(=O)(Nc1ccc(Cl)cc1)C1C2CC3CC(C2)CC1C3. The van der Waals surface area contributed by atoms with Crippen LogP contribution >= 0.6 is 19.0 Å². The molecule has 1 atom stereocenters. The highest BCUT2D eigenvalue weighted by atomic mass is 35.5. The Morgan fingerprint density at radius 3 is 2.15 bits per heavy atom. The van der Waals surface area contributed by atoms with Crippen molar-refractivity contribution < 1.29 is 9.36 Å². The van der Waals surface area contributed by atoms with Gasteiger partial charge in [-0.15, -0.1) is 0 Å². The van der Waals surface area contributed by atoms with Crippen molar-refractivity contribution in [1.29, 1.82) is 0 Å². The number of benzene rings is 1. The first kappa shape index (κ1) is 18.1. The van der Waals surface area contributed by atoms with E-state index in [1.807, 2.05) is 12.1 Å². The van der Waals surface area contributed by atoms with Gasteiger partial charge in [0.15, 0.2) is 0 Å². The van der Waals surface area contributed by atoms with Crippen molar-refractivity contribution in [2.75, 3.05) is 12.1 Å². The van der Waals surface area contributed by atoms with Crippen LogP contribution in [0.2, 0.25) is 5.02 Å². The van der Waals surface area contributed by atoms with E-state index in [9.17, 15) is 9.36 Å². The van der Waals surface area contributed by atoms with E-state index in [0.717, 1.165) is 43.2 Å². The number of carbonyl (C=O) groups is 1. The third-order valence-corrected chi connectivity index (χ3v) is 9.27. The number of halogens is 1. The van der Waals surface area contributed by atoms with Crippen LogP contribution in [0.3, 0.4) is 0 Å². The minimum absolute atomic E-state index is 0.0446. The molecule has 0 saturated heterocycles. The van der Waals surface area contributed by atoms with Crippen molar-refractivity contribution in [3.05, 3.63) is 29.3 Å². The maximum atomic E-state index is 14.1. The van der Waals surface area contributed by atoms with E-state index in [-0.39, 0.29) is 5.66 Å². The Bertz CT molecular complexity index is 698. The lowest BCUT2D eigenvalue weighted by Crippen LogP contribution is -2.52. The quantitative estimate of drug-likeness (QED) is 0.444. The fourth-order valence-electron chi connectivity index (χ4n) is 5.58. The predicted octanol–water partition coefficient (Wildman–Crippen LogP) is 4.20. The van der Waals surface area contributed by atoms with Crippen LogP contribution in [-0.4, -0.2) is 18.7 Å². The van der Waals surface area contributed by atoms with Gasteiger partial charge in [-0.05, 0) is 80.0 Å². The molecule has 4 fully saturated rings. The van der Waals surface area contributed by atoms with Crippen LogP contribution in [0, 0.1) is 23.7 Å². The second-order valence-electron chi connectivity index (χ2n) is 8.01. The summed E-state index contributed by atoms with van der Waals surface area (Å²) in [4.78, 5) is 11.7. The summed E-state index contributed by atoms with van der Waals surface area (Å²) in [6.45, 7) is 0. The van der Waals surface area contributed by atoms with E-state index in [1.165, 1.54) is 13.5 Å². The van der Waals surface area contributed by atoms with Crippen LogP contribution in [0.5, 0.6) is 0 Å². The summed E-state index contributed by atoms with van der Waals surface area (Å²) in [6.07, 6.45) is 5.98. The first-order valence-corrected chi connectivity index (χ1v) is 11.5. The Balaban J connectivity index is 1.60. The molecule has 26 heavy (non-hydrogen) atoms. The summed E-state index contributed by atoms with van der Waals surface area (Å²) in [5.74, 6) is 2.50. The normalized spacial score (nSPS) is 34.2. The first-order chi connectivity index (χ1) is 12.5. The molecule has 4 bridgehead atoms. The van der Waals surface area contributed by atoms with Crippen LogP contribution in [0.15, 0.2) is 24.3 Å². The van der Waals surface area contributed by atoms with E-state index in [1.54, 1.807) is 12.1 Å². The van der Waals surface area contributed by atoms with Crippen molar-refractivity contribution >= 4 is 30.8 Å². The molecule has 0 radical (unpaired) electrons. The molecule has 5 rings (SSSR count). The lowest BCUT2D eigenvalue weighted by atomic mass is 9.56. The maximum Gasteiger partial charge on any atom is 0.329 e. The largest absolute Gasteiger partial charge is 0.340 e. The van der Waals surface area contributed by atoms with Crippen molar-refractivity contribution in [3.8, 4) is 0 Å². The summed E-state index contributed by atoms with van der Waals surface area (Å²) in [5.41, 5.74) is 3.35. The van der Waals surface area contributed by atoms with Gasteiger partial charge in [0.25, 0.3) is 7.44 Å². The van der Waals surface area contributed by atoms with E-state index >= 15 is 0 Å². The molecule has 142 valence electrons. The van der Waals surface area contributed by atoms with Gasteiger partial charge in [-0.1, -0.05) is 11.6 Å². The second kappa shape index (κ2) is 7.06. The molecule has 4 N–H and O–H groups in total. The maximum absolute atomic E-state index is 14.1. The minimum atomic E-state index is -3.10.